The molecule has 8 heavy (non-hydrogen) atoms. The molecule has 0 heterocycles. The van der Waals surface area contributed by atoms with Crippen LogP contribution in [0.15, 0.2) is 6.07 Å². The second-order valence-electron chi connectivity index (χ2n) is 0.880. The van der Waals surface area contributed by atoms with Crippen molar-refractivity contribution in [3.63, 3.8) is 0 Å². The van der Waals surface area contributed by atoms with Gasteiger partial charge in [-0.3, -0.25) is 0 Å². The van der Waals surface area contributed by atoms with Crippen LogP contribution in [0.25, 0.3) is 0 Å². The van der Waals surface area contributed by atoms with Gasteiger partial charge in [0.2, 0.25) is 0 Å². The lowest BCUT2D eigenvalue weighted by Gasteiger charge is -1.86. The molecular formula is C3HBrI2O2. The number of carbonyl (C=O) groups is 1. The predicted molar refractivity (Wildman–Crippen MR) is 51.6 cm³/mol. The van der Waals surface area contributed by atoms with Crippen LogP contribution in [0.2, 0.25) is 0 Å². The molecule has 0 aromatic rings. The van der Waals surface area contributed by atoms with Crippen LogP contribution >= 0.6 is 61.1 Å². The summed E-state index contributed by atoms with van der Waals surface area (Å²) in [6, 6.07) is 0. The van der Waals surface area contributed by atoms with Gasteiger partial charge in [-0.05, 0) is 61.1 Å². The first-order valence-electron chi connectivity index (χ1n) is 1.49. The van der Waals surface area contributed by atoms with E-state index >= 15 is 0 Å². The van der Waals surface area contributed by atoms with Gasteiger partial charge in [-0.2, -0.15) is 0 Å². The Labute approximate surface area is 82.1 Å². The number of hydrogen-bond donors (Lipinski definition) is 1. The Morgan fingerprint density at radius 1 is 1.50 bits per heavy atom. The zero-order chi connectivity index (χ0) is 6.73. The minimum atomic E-state index is -0.927. The van der Waals surface area contributed by atoms with Gasteiger partial charge >= 0.3 is 5.97 Å². The van der Waals surface area contributed by atoms with Crippen molar-refractivity contribution < 1.29 is 9.90 Å². The SMILES string of the molecule is O=C(O)C(Br)=C(I)I. The van der Waals surface area contributed by atoms with Crippen LogP contribution in [0.5, 0.6) is 0 Å². The lowest BCUT2D eigenvalue weighted by atomic mass is 10.7. The minimum absolute atomic E-state index is 0.221. The van der Waals surface area contributed by atoms with Gasteiger partial charge in [-0.1, -0.05) is 0 Å². The normalized spacial score (nSPS) is 8.38. The van der Waals surface area contributed by atoms with Crippen LogP contribution in [0.4, 0.5) is 0 Å². The molecule has 0 amide bonds. The minimum Gasteiger partial charge on any atom is -0.477 e. The summed E-state index contributed by atoms with van der Waals surface area (Å²) in [5.41, 5.74) is 0. The first-order chi connectivity index (χ1) is 3.55. The van der Waals surface area contributed by atoms with Crippen molar-refractivity contribution in [2.75, 3.05) is 0 Å². The van der Waals surface area contributed by atoms with E-state index in [9.17, 15) is 4.79 Å². The molecule has 46 valence electrons. The molecule has 1 N–H and O–H groups in total. The van der Waals surface area contributed by atoms with Crippen LogP contribution in [-0.4, -0.2) is 11.1 Å². The second-order valence-corrected chi connectivity index (χ2v) is 5.89. The van der Waals surface area contributed by atoms with E-state index in [1.54, 1.807) is 0 Å². The number of halogens is 3. The van der Waals surface area contributed by atoms with E-state index in [1.807, 2.05) is 45.2 Å². The largest absolute Gasteiger partial charge is 0.477 e. The Balaban J connectivity index is 4.23. The maximum absolute atomic E-state index is 10.0. The number of rotatable bonds is 1. The fraction of sp³-hybridized carbons (Fsp3) is 0. The Morgan fingerprint density at radius 2 is 1.88 bits per heavy atom. The maximum atomic E-state index is 10.0. The Morgan fingerprint density at radius 3 is 1.88 bits per heavy atom. The smallest absolute Gasteiger partial charge is 0.344 e. The van der Waals surface area contributed by atoms with E-state index < -0.39 is 5.97 Å². The molecule has 0 rings (SSSR count). The topological polar surface area (TPSA) is 37.3 Å². The summed E-state index contributed by atoms with van der Waals surface area (Å²) in [5, 5.41) is 8.24. The highest BCUT2D eigenvalue weighted by atomic mass is 127. The molecule has 5 heteroatoms. The molecule has 0 spiro atoms. The standard InChI is InChI=1S/C3HBrI2O2/c4-1(2(5)6)3(7)8/h(H,7,8). The molecule has 0 atom stereocenters. The van der Waals surface area contributed by atoms with Gasteiger partial charge in [-0.25, -0.2) is 4.79 Å². The van der Waals surface area contributed by atoms with Crippen LogP contribution in [0.3, 0.4) is 0 Å². The zero-order valence-corrected chi connectivity index (χ0v) is 9.39. The van der Waals surface area contributed by atoms with Gasteiger partial charge in [0, 0.05) is 0 Å². The van der Waals surface area contributed by atoms with Crippen LogP contribution in [0, 0.1) is 0 Å². The van der Waals surface area contributed by atoms with Crippen molar-refractivity contribution in [3.8, 4) is 0 Å². The molecule has 0 bridgehead atoms. The third kappa shape index (κ3) is 3.23. The molecule has 0 radical (unpaired) electrons. The summed E-state index contributed by atoms with van der Waals surface area (Å²) < 4.78 is 0.936. The lowest BCUT2D eigenvalue weighted by Crippen LogP contribution is -1.92. The molecule has 0 aliphatic heterocycles. The third-order valence-corrected chi connectivity index (χ3v) is 3.65. The van der Waals surface area contributed by atoms with Gasteiger partial charge in [0.05, 0.1) is 1.59 Å². The maximum Gasteiger partial charge on any atom is 0.344 e. The summed E-state index contributed by atoms with van der Waals surface area (Å²) in [5.74, 6) is -0.927. The summed E-state index contributed by atoms with van der Waals surface area (Å²) >= 11 is 6.72. The Hall–Kier alpha value is 1.15. The Bertz CT molecular complexity index is 138. The highest BCUT2D eigenvalue weighted by molar-refractivity contribution is 14.2. The summed E-state index contributed by atoms with van der Waals surface area (Å²) in [6.45, 7) is 0. The van der Waals surface area contributed by atoms with Gasteiger partial charge in [0.25, 0.3) is 0 Å². The van der Waals surface area contributed by atoms with E-state index in [2.05, 4.69) is 15.9 Å². The molecule has 0 unspecified atom stereocenters. The van der Waals surface area contributed by atoms with E-state index in [-0.39, 0.29) is 4.48 Å². The zero-order valence-electron chi connectivity index (χ0n) is 3.49. The highest BCUT2D eigenvalue weighted by Crippen LogP contribution is 2.24. The molecule has 0 aliphatic rings. The number of carboxylic acid groups (broad SMARTS) is 1. The average Bonchev–Trinajstić information content (AvgIpc) is 1.64. The van der Waals surface area contributed by atoms with Crippen LogP contribution < -0.4 is 0 Å². The van der Waals surface area contributed by atoms with Crippen molar-refractivity contribution in [1.82, 2.24) is 0 Å². The van der Waals surface area contributed by atoms with Gasteiger partial charge in [0.15, 0.2) is 0 Å². The first-order valence-corrected chi connectivity index (χ1v) is 4.45. The predicted octanol–water partition coefficient (Wildman–Crippen LogP) is 2.51. The van der Waals surface area contributed by atoms with Gasteiger partial charge in [-0.15, -0.1) is 0 Å². The number of hydrogen-bond acceptors (Lipinski definition) is 1. The van der Waals surface area contributed by atoms with E-state index in [0.29, 0.717) is 1.59 Å². The van der Waals surface area contributed by atoms with Crippen molar-refractivity contribution in [3.05, 3.63) is 6.07 Å². The molecule has 0 aromatic heterocycles. The lowest BCUT2D eigenvalue weighted by molar-refractivity contribution is -0.131. The van der Waals surface area contributed by atoms with E-state index in [4.69, 9.17) is 5.11 Å². The van der Waals surface area contributed by atoms with Crippen molar-refractivity contribution in [2.24, 2.45) is 0 Å². The van der Waals surface area contributed by atoms with Crippen molar-refractivity contribution in [1.29, 1.82) is 0 Å². The average molecular weight is 403 g/mol. The van der Waals surface area contributed by atoms with Crippen molar-refractivity contribution in [2.45, 2.75) is 0 Å². The van der Waals surface area contributed by atoms with Crippen LogP contribution in [-0.2, 0) is 4.79 Å². The molecule has 0 saturated heterocycles. The molecular weight excluding hydrogens is 402 g/mol. The van der Waals surface area contributed by atoms with Crippen molar-refractivity contribution >= 4 is 67.1 Å². The molecule has 0 saturated carbocycles. The molecule has 0 aromatic carbocycles. The number of carboxylic acids is 1. The van der Waals surface area contributed by atoms with E-state index in [0.717, 1.165) is 0 Å². The number of aliphatic carboxylic acids is 1. The third-order valence-electron chi connectivity index (χ3n) is 0.354. The van der Waals surface area contributed by atoms with Gasteiger partial charge in [0.1, 0.15) is 4.48 Å². The fourth-order valence-corrected chi connectivity index (χ4v) is 0.542. The molecule has 2 nitrogen and oxygen atoms in total. The summed E-state index contributed by atoms with van der Waals surface area (Å²) in [7, 11) is 0. The summed E-state index contributed by atoms with van der Waals surface area (Å²) in [4.78, 5) is 10.0. The van der Waals surface area contributed by atoms with Crippen LogP contribution in [0.1, 0.15) is 0 Å². The summed E-state index contributed by atoms with van der Waals surface area (Å²) in [6.07, 6.45) is 0. The second kappa shape index (κ2) is 4.04. The highest BCUT2D eigenvalue weighted by Gasteiger charge is 2.04. The molecule has 0 aliphatic carbocycles. The fourth-order valence-electron chi connectivity index (χ4n) is 0.0808. The monoisotopic (exact) mass is 402 g/mol. The molecule has 0 fully saturated rings. The van der Waals surface area contributed by atoms with Gasteiger partial charge < -0.3 is 5.11 Å². The first kappa shape index (κ1) is 9.15. The van der Waals surface area contributed by atoms with E-state index in [1.165, 1.54) is 0 Å². The Kier molecular flexibility index (Phi) is 4.63. The quantitative estimate of drug-likeness (QED) is 0.540.